The van der Waals surface area contributed by atoms with Crippen LogP contribution < -0.4 is 0 Å². The molecule has 2 aliphatic rings. The summed E-state index contributed by atoms with van der Waals surface area (Å²) in [7, 11) is 0. The standard InChI is InChI=1S/C12H13F5N2/c1-10(2,3)19-9-7(8(18-19)12(15,16)17)5-4-6(5)11(9,13)14/h5-6H,4H2,1-3H3/t5-,6+/m0/s1. The van der Waals surface area contributed by atoms with E-state index >= 15 is 0 Å². The van der Waals surface area contributed by atoms with Gasteiger partial charge in [0.1, 0.15) is 5.69 Å². The molecule has 0 aromatic carbocycles. The zero-order valence-electron chi connectivity index (χ0n) is 10.6. The number of alkyl halides is 5. The van der Waals surface area contributed by atoms with E-state index in [1.165, 1.54) is 0 Å². The van der Waals surface area contributed by atoms with E-state index in [9.17, 15) is 22.0 Å². The van der Waals surface area contributed by atoms with Crippen molar-refractivity contribution in [1.29, 1.82) is 0 Å². The number of aromatic nitrogens is 2. The molecule has 0 saturated heterocycles. The summed E-state index contributed by atoms with van der Waals surface area (Å²) in [5.74, 6) is -4.86. The SMILES string of the molecule is CC(C)(C)n1nc(C(F)(F)F)c2c1C(F)(F)[C@@H]1C[C@H]21. The number of rotatable bonds is 0. The third kappa shape index (κ3) is 1.56. The van der Waals surface area contributed by atoms with Crippen LogP contribution >= 0.6 is 0 Å². The van der Waals surface area contributed by atoms with Crippen molar-refractivity contribution < 1.29 is 22.0 Å². The Morgan fingerprint density at radius 3 is 2.26 bits per heavy atom. The fourth-order valence-corrected chi connectivity index (χ4v) is 2.89. The summed E-state index contributed by atoms with van der Waals surface area (Å²) in [6.45, 7) is 4.71. The predicted molar refractivity (Wildman–Crippen MR) is 57.0 cm³/mol. The second-order valence-electron chi connectivity index (χ2n) is 6.26. The summed E-state index contributed by atoms with van der Waals surface area (Å²) >= 11 is 0. The smallest absolute Gasteiger partial charge is 0.257 e. The van der Waals surface area contributed by atoms with Gasteiger partial charge in [-0.25, -0.2) is 0 Å². The molecule has 0 aliphatic heterocycles. The molecule has 0 radical (unpaired) electrons. The first-order valence-electron chi connectivity index (χ1n) is 6.04. The minimum atomic E-state index is -4.69. The zero-order valence-corrected chi connectivity index (χ0v) is 10.6. The van der Waals surface area contributed by atoms with E-state index in [0.717, 1.165) is 4.68 Å². The predicted octanol–water partition coefficient (Wildman–Crippen LogP) is 3.87. The summed E-state index contributed by atoms with van der Waals surface area (Å²) in [5, 5.41) is 3.46. The Bertz CT molecular complexity index is 550. The average molecular weight is 280 g/mol. The molecular weight excluding hydrogens is 267 g/mol. The molecule has 1 fully saturated rings. The Hall–Kier alpha value is -1.14. The van der Waals surface area contributed by atoms with Crippen molar-refractivity contribution in [3.63, 3.8) is 0 Å². The van der Waals surface area contributed by atoms with Gasteiger partial charge < -0.3 is 0 Å². The van der Waals surface area contributed by atoms with Crippen LogP contribution in [0.2, 0.25) is 0 Å². The summed E-state index contributed by atoms with van der Waals surface area (Å²) in [4.78, 5) is 0. The maximum atomic E-state index is 14.1. The van der Waals surface area contributed by atoms with Crippen molar-refractivity contribution >= 4 is 0 Å². The maximum absolute atomic E-state index is 14.1. The maximum Gasteiger partial charge on any atom is 0.435 e. The van der Waals surface area contributed by atoms with Crippen molar-refractivity contribution in [2.24, 2.45) is 5.92 Å². The van der Waals surface area contributed by atoms with Crippen molar-refractivity contribution in [2.45, 2.75) is 50.7 Å². The van der Waals surface area contributed by atoms with E-state index in [0.29, 0.717) is 0 Å². The fourth-order valence-electron chi connectivity index (χ4n) is 2.89. The van der Waals surface area contributed by atoms with Gasteiger partial charge in [0.2, 0.25) is 0 Å². The number of hydrogen-bond acceptors (Lipinski definition) is 1. The van der Waals surface area contributed by atoms with Gasteiger partial charge >= 0.3 is 6.18 Å². The van der Waals surface area contributed by atoms with Crippen LogP contribution in [0.4, 0.5) is 22.0 Å². The van der Waals surface area contributed by atoms with Gasteiger partial charge in [-0.1, -0.05) is 0 Å². The molecule has 2 atom stereocenters. The third-order valence-corrected chi connectivity index (χ3v) is 3.77. The van der Waals surface area contributed by atoms with Crippen LogP contribution in [0.5, 0.6) is 0 Å². The van der Waals surface area contributed by atoms with Gasteiger partial charge in [-0.2, -0.15) is 27.1 Å². The molecule has 7 heteroatoms. The van der Waals surface area contributed by atoms with Gasteiger partial charge in [-0.15, -0.1) is 0 Å². The van der Waals surface area contributed by atoms with E-state index in [1.807, 2.05) is 0 Å². The minimum absolute atomic E-state index is 0.124. The number of halogens is 5. The molecule has 2 aliphatic carbocycles. The molecule has 1 heterocycles. The van der Waals surface area contributed by atoms with E-state index in [-0.39, 0.29) is 12.0 Å². The largest absolute Gasteiger partial charge is 0.435 e. The second kappa shape index (κ2) is 3.12. The molecule has 1 saturated carbocycles. The lowest BCUT2D eigenvalue weighted by Crippen LogP contribution is -2.30. The highest BCUT2D eigenvalue weighted by atomic mass is 19.4. The molecule has 19 heavy (non-hydrogen) atoms. The van der Waals surface area contributed by atoms with Crippen molar-refractivity contribution in [3.8, 4) is 0 Å². The van der Waals surface area contributed by atoms with Gasteiger partial charge in [-0.05, 0) is 33.1 Å². The van der Waals surface area contributed by atoms with Gasteiger partial charge in [-0.3, -0.25) is 4.68 Å². The first kappa shape index (κ1) is 12.9. The van der Waals surface area contributed by atoms with Gasteiger partial charge in [0.15, 0.2) is 5.69 Å². The van der Waals surface area contributed by atoms with E-state index < -0.39 is 40.9 Å². The Morgan fingerprint density at radius 2 is 1.79 bits per heavy atom. The van der Waals surface area contributed by atoms with Gasteiger partial charge in [0, 0.05) is 11.5 Å². The normalized spacial score (nSPS) is 28.2. The van der Waals surface area contributed by atoms with Crippen LogP contribution in [0.25, 0.3) is 0 Å². The quantitative estimate of drug-likeness (QED) is 0.660. The van der Waals surface area contributed by atoms with Crippen molar-refractivity contribution in [3.05, 3.63) is 17.0 Å². The van der Waals surface area contributed by atoms with Crippen LogP contribution in [0.15, 0.2) is 0 Å². The molecule has 0 N–H and O–H groups in total. The third-order valence-electron chi connectivity index (χ3n) is 3.77. The van der Waals surface area contributed by atoms with Crippen LogP contribution in [0.3, 0.4) is 0 Å². The van der Waals surface area contributed by atoms with E-state index in [4.69, 9.17) is 0 Å². The monoisotopic (exact) mass is 280 g/mol. The molecule has 0 bridgehead atoms. The van der Waals surface area contributed by atoms with Gasteiger partial charge in [0.25, 0.3) is 5.92 Å². The molecule has 0 amide bonds. The molecule has 1 aromatic rings. The summed E-state index contributed by atoms with van der Waals surface area (Å²) in [6, 6.07) is 0. The lowest BCUT2D eigenvalue weighted by molar-refractivity contribution is -0.142. The highest BCUT2D eigenvalue weighted by molar-refractivity contribution is 5.47. The van der Waals surface area contributed by atoms with E-state index in [2.05, 4.69) is 5.10 Å². The number of fused-ring (bicyclic) bond motifs is 3. The van der Waals surface area contributed by atoms with Crippen LogP contribution in [-0.4, -0.2) is 9.78 Å². The van der Waals surface area contributed by atoms with Crippen LogP contribution in [-0.2, 0) is 17.6 Å². The molecule has 0 spiro atoms. The number of nitrogens with zero attached hydrogens (tertiary/aromatic N) is 2. The van der Waals surface area contributed by atoms with Crippen molar-refractivity contribution in [1.82, 2.24) is 9.78 Å². The zero-order chi connectivity index (χ0) is 14.4. The Balaban J connectivity index is 2.29. The highest BCUT2D eigenvalue weighted by Gasteiger charge is 2.68. The Kier molecular flexibility index (Phi) is 2.11. The topological polar surface area (TPSA) is 17.8 Å². The molecule has 3 rings (SSSR count). The summed E-state index contributed by atoms with van der Waals surface area (Å²) in [6.07, 6.45) is -4.56. The second-order valence-corrected chi connectivity index (χ2v) is 6.26. The lowest BCUT2D eigenvalue weighted by atomic mass is 10.1. The van der Waals surface area contributed by atoms with Crippen LogP contribution in [0.1, 0.15) is 50.1 Å². The molecule has 2 nitrogen and oxygen atoms in total. The molecular formula is C12H13F5N2. The van der Waals surface area contributed by atoms with Crippen molar-refractivity contribution in [2.75, 3.05) is 0 Å². The Labute approximate surface area is 106 Å². The fraction of sp³-hybridized carbons (Fsp3) is 0.750. The first-order chi connectivity index (χ1) is 8.45. The molecule has 0 unspecified atom stereocenters. The lowest BCUT2D eigenvalue weighted by Gasteiger charge is -2.25. The molecule has 1 aromatic heterocycles. The van der Waals surface area contributed by atoms with Crippen LogP contribution in [0, 0.1) is 5.92 Å². The first-order valence-corrected chi connectivity index (χ1v) is 6.04. The average Bonchev–Trinajstić information content (AvgIpc) is 2.80. The van der Waals surface area contributed by atoms with E-state index in [1.54, 1.807) is 20.8 Å². The summed E-state index contributed by atoms with van der Waals surface area (Å²) < 4.78 is 68.0. The van der Waals surface area contributed by atoms with Gasteiger partial charge in [0.05, 0.1) is 5.54 Å². The molecule has 106 valence electrons. The summed E-state index contributed by atoms with van der Waals surface area (Å²) in [5.41, 5.74) is -2.86. The Morgan fingerprint density at radius 1 is 1.21 bits per heavy atom. The highest BCUT2D eigenvalue weighted by Crippen LogP contribution is 2.68. The number of hydrogen-bond donors (Lipinski definition) is 0. The minimum Gasteiger partial charge on any atom is -0.257 e.